The average molecular weight is 242 g/mol. The lowest BCUT2D eigenvalue weighted by molar-refractivity contribution is -0.138. The van der Waals surface area contributed by atoms with E-state index in [1.807, 2.05) is 27.7 Å². The van der Waals surface area contributed by atoms with Gasteiger partial charge in [0.2, 0.25) is 5.91 Å². The number of carbonyl (C=O) groups excluding carboxylic acids is 1. The Morgan fingerprint density at radius 3 is 2.65 bits per heavy atom. The molecule has 1 heterocycles. The molecule has 3 unspecified atom stereocenters. The molecule has 1 rings (SSSR count). The summed E-state index contributed by atoms with van der Waals surface area (Å²) in [5, 5.41) is 6.31. The number of hydrogen-bond donors (Lipinski definition) is 2. The van der Waals surface area contributed by atoms with Crippen molar-refractivity contribution >= 4 is 5.91 Å². The molecular weight excluding hydrogens is 216 g/mol. The van der Waals surface area contributed by atoms with Crippen LogP contribution in [0.5, 0.6) is 0 Å². The summed E-state index contributed by atoms with van der Waals surface area (Å²) in [5.41, 5.74) is -0.203. The molecular formula is C13H26N2O2. The summed E-state index contributed by atoms with van der Waals surface area (Å²) in [6.45, 7) is 10.9. The molecule has 0 aliphatic carbocycles. The number of ether oxygens (including phenoxy) is 1. The zero-order valence-corrected chi connectivity index (χ0v) is 11.7. The van der Waals surface area contributed by atoms with E-state index in [1.165, 1.54) is 0 Å². The lowest BCUT2D eigenvalue weighted by Crippen LogP contribution is -2.50. The third kappa shape index (κ3) is 5.04. The molecule has 4 nitrogen and oxygen atoms in total. The molecule has 0 spiro atoms. The Bertz CT molecular complexity index is 261. The van der Waals surface area contributed by atoms with E-state index in [1.54, 1.807) is 0 Å². The van der Waals surface area contributed by atoms with Gasteiger partial charge in [-0.2, -0.15) is 0 Å². The number of carbonyl (C=O) groups is 1. The predicted octanol–water partition coefficient (Wildman–Crippen LogP) is 1.45. The van der Waals surface area contributed by atoms with E-state index < -0.39 is 0 Å². The van der Waals surface area contributed by atoms with E-state index in [0.717, 1.165) is 19.4 Å². The normalized spacial score (nSPS) is 27.6. The highest BCUT2D eigenvalue weighted by atomic mass is 16.5. The molecule has 0 aromatic carbocycles. The van der Waals surface area contributed by atoms with E-state index in [9.17, 15) is 4.79 Å². The zero-order chi connectivity index (χ0) is 13.1. The fourth-order valence-electron chi connectivity index (χ4n) is 2.00. The highest BCUT2D eigenvalue weighted by Gasteiger charge is 2.27. The van der Waals surface area contributed by atoms with Gasteiger partial charge in [0.1, 0.15) is 6.10 Å². The molecule has 0 bridgehead atoms. The molecule has 1 aliphatic rings. The molecule has 4 heteroatoms. The van der Waals surface area contributed by atoms with Gasteiger partial charge in [0.15, 0.2) is 0 Å². The summed E-state index contributed by atoms with van der Waals surface area (Å²) in [5.74, 6) is -0.0322. The van der Waals surface area contributed by atoms with Gasteiger partial charge in [-0.3, -0.25) is 4.79 Å². The van der Waals surface area contributed by atoms with Gasteiger partial charge in [-0.05, 0) is 54.0 Å². The van der Waals surface area contributed by atoms with Crippen LogP contribution in [0.15, 0.2) is 0 Å². The Labute approximate surface area is 104 Å². The van der Waals surface area contributed by atoms with Crippen LogP contribution < -0.4 is 10.6 Å². The van der Waals surface area contributed by atoms with E-state index in [2.05, 4.69) is 17.6 Å². The van der Waals surface area contributed by atoms with Gasteiger partial charge in [-0.15, -0.1) is 0 Å². The Balaban J connectivity index is 2.42. The number of nitrogens with one attached hydrogen (secondary N) is 2. The molecule has 100 valence electrons. The van der Waals surface area contributed by atoms with Crippen LogP contribution in [-0.4, -0.2) is 36.2 Å². The second-order valence-corrected chi connectivity index (χ2v) is 5.94. The average Bonchev–Trinajstić information content (AvgIpc) is 2.18. The zero-order valence-electron chi connectivity index (χ0n) is 11.7. The summed E-state index contributed by atoms with van der Waals surface area (Å²) in [7, 11) is 0. The van der Waals surface area contributed by atoms with E-state index in [4.69, 9.17) is 4.74 Å². The quantitative estimate of drug-likeness (QED) is 0.787. The second-order valence-electron chi connectivity index (χ2n) is 5.94. The SMILES string of the molecule is CC(OC1CCCNC1C)C(=O)NC(C)(C)C. The maximum Gasteiger partial charge on any atom is 0.249 e. The molecule has 1 saturated heterocycles. The van der Waals surface area contributed by atoms with Gasteiger partial charge in [0, 0.05) is 11.6 Å². The van der Waals surface area contributed by atoms with Gasteiger partial charge in [0.25, 0.3) is 0 Å². The van der Waals surface area contributed by atoms with Crippen molar-refractivity contribution in [3.8, 4) is 0 Å². The van der Waals surface area contributed by atoms with Gasteiger partial charge >= 0.3 is 0 Å². The maximum absolute atomic E-state index is 11.9. The molecule has 17 heavy (non-hydrogen) atoms. The van der Waals surface area contributed by atoms with Crippen LogP contribution in [-0.2, 0) is 9.53 Å². The fourth-order valence-corrected chi connectivity index (χ4v) is 2.00. The minimum atomic E-state index is -0.387. The van der Waals surface area contributed by atoms with Crippen molar-refractivity contribution in [2.75, 3.05) is 6.54 Å². The Hall–Kier alpha value is -0.610. The molecule has 0 aromatic rings. The third-order valence-corrected chi connectivity index (χ3v) is 2.94. The van der Waals surface area contributed by atoms with Crippen LogP contribution in [0, 0.1) is 0 Å². The third-order valence-electron chi connectivity index (χ3n) is 2.94. The molecule has 2 N–H and O–H groups in total. The van der Waals surface area contributed by atoms with E-state index >= 15 is 0 Å². The fraction of sp³-hybridized carbons (Fsp3) is 0.923. The lowest BCUT2D eigenvalue weighted by atomic mass is 10.0. The molecule has 1 aliphatic heterocycles. The Morgan fingerprint density at radius 2 is 2.12 bits per heavy atom. The van der Waals surface area contributed by atoms with Crippen molar-refractivity contribution in [3.63, 3.8) is 0 Å². The van der Waals surface area contributed by atoms with Crippen LogP contribution in [0.25, 0.3) is 0 Å². The van der Waals surface area contributed by atoms with Crippen LogP contribution in [0.4, 0.5) is 0 Å². The minimum Gasteiger partial charge on any atom is -0.364 e. The van der Waals surface area contributed by atoms with Gasteiger partial charge in [0.05, 0.1) is 6.10 Å². The number of hydrogen-bond acceptors (Lipinski definition) is 3. The summed E-state index contributed by atoms with van der Waals surface area (Å²) in [6.07, 6.45) is 1.90. The first-order valence-corrected chi connectivity index (χ1v) is 6.50. The molecule has 1 amide bonds. The van der Waals surface area contributed by atoms with E-state index in [-0.39, 0.29) is 23.7 Å². The standard InChI is InChI=1S/C13H26N2O2/c1-9-11(7-6-8-14-9)17-10(2)12(16)15-13(3,4)5/h9-11,14H,6-8H2,1-5H3,(H,15,16). The number of piperidine rings is 1. The summed E-state index contributed by atoms with van der Waals surface area (Å²) in [6, 6.07) is 0.327. The van der Waals surface area contributed by atoms with Gasteiger partial charge < -0.3 is 15.4 Å². The molecule has 3 atom stereocenters. The maximum atomic E-state index is 11.9. The number of amides is 1. The second kappa shape index (κ2) is 5.83. The van der Waals surface area contributed by atoms with Crippen molar-refractivity contribution in [1.29, 1.82) is 0 Å². The summed E-state index contributed by atoms with van der Waals surface area (Å²) < 4.78 is 5.84. The van der Waals surface area contributed by atoms with Crippen LogP contribution in [0.2, 0.25) is 0 Å². The monoisotopic (exact) mass is 242 g/mol. The van der Waals surface area contributed by atoms with Crippen molar-refractivity contribution in [2.24, 2.45) is 0 Å². The minimum absolute atomic E-state index is 0.0322. The molecule has 0 saturated carbocycles. The van der Waals surface area contributed by atoms with Crippen LogP contribution in [0.1, 0.15) is 47.5 Å². The van der Waals surface area contributed by atoms with Crippen molar-refractivity contribution in [1.82, 2.24) is 10.6 Å². The van der Waals surface area contributed by atoms with Gasteiger partial charge in [-0.25, -0.2) is 0 Å². The first-order valence-electron chi connectivity index (χ1n) is 6.50. The first kappa shape index (κ1) is 14.5. The van der Waals surface area contributed by atoms with Crippen molar-refractivity contribution in [2.45, 2.75) is 71.2 Å². The number of rotatable bonds is 3. The Kier molecular flexibility index (Phi) is 4.95. The Morgan fingerprint density at radius 1 is 1.47 bits per heavy atom. The van der Waals surface area contributed by atoms with Crippen LogP contribution in [0.3, 0.4) is 0 Å². The molecule has 0 aromatic heterocycles. The smallest absolute Gasteiger partial charge is 0.249 e. The lowest BCUT2D eigenvalue weighted by Gasteiger charge is -2.32. The van der Waals surface area contributed by atoms with E-state index in [0.29, 0.717) is 6.04 Å². The molecule has 0 radical (unpaired) electrons. The van der Waals surface area contributed by atoms with Crippen molar-refractivity contribution in [3.05, 3.63) is 0 Å². The topological polar surface area (TPSA) is 50.4 Å². The first-order chi connectivity index (χ1) is 7.79. The van der Waals surface area contributed by atoms with Gasteiger partial charge in [-0.1, -0.05) is 0 Å². The summed E-state index contributed by atoms with van der Waals surface area (Å²) >= 11 is 0. The van der Waals surface area contributed by atoms with Crippen molar-refractivity contribution < 1.29 is 9.53 Å². The predicted molar refractivity (Wildman–Crippen MR) is 68.9 cm³/mol. The highest BCUT2D eigenvalue weighted by Crippen LogP contribution is 2.14. The molecule has 1 fully saturated rings. The highest BCUT2D eigenvalue weighted by molar-refractivity contribution is 5.81. The largest absolute Gasteiger partial charge is 0.364 e. The van der Waals surface area contributed by atoms with Crippen LogP contribution >= 0.6 is 0 Å². The summed E-state index contributed by atoms with van der Waals surface area (Å²) in [4.78, 5) is 11.9.